The Morgan fingerprint density at radius 2 is 2.12 bits per heavy atom. The lowest BCUT2D eigenvalue weighted by Gasteiger charge is -2.31. The zero-order chi connectivity index (χ0) is 12.2. The van der Waals surface area contributed by atoms with E-state index in [9.17, 15) is 4.79 Å². The van der Waals surface area contributed by atoms with Crippen molar-refractivity contribution in [3.05, 3.63) is 0 Å². The third-order valence-electron chi connectivity index (χ3n) is 3.48. The van der Waals surface area contributed by atoms with Crippen molar-refractivity contribution in [1.29, 1.82) is 0 Å². The van der Waals surface area contributed by atoms with Gasteiger partial charge in [-0.05, 0) is 39.0 Å². The quantitative estimate of drug-likeness (QED) is 0.679. The molecule has 0 radical (unpaired) electrons. The van der Waals surface area contributed by atoms with Crippen LogP contribution in [0.4, 0.5) is 0 Å². The number of carbonyl (C=O) groups is 1. The Balaban J connectivity index is 2.51. The summed E-state index contributed by atoms with van der Waals surface area (Å²) in [5.41, 5.74) is 0.0621. The minimum Gasteiger partial charge on any atom is -0.468 e. The van der Waals surface area contributed by atoms with Gasteiger partial charge in [0.2, 0.25) is 0 Å². The van der Waals surface area contributed by atoms with Gasteiger partial charge in [-0.15, -0.1) is 0 Å². The van der Waals surface area contributed by atoms with E-state index < -0.39 is 0 Å². The van der Waals surface area contributed by atoms with Gasteiger partial charge in [0.15, 0.2) is 0 Å². The number of hydrogen-bond acceptors (Lipinski definition) is 3. The summed E-state index contributed by atoms with van der Waals surface area (Å²) in [4.78, 5) is 11.7. The topological polar surface area (TPSA) is 38.3 Å². The van der Waals surface area contributed by atoms with Gasteiger partial charge in [0, 0.05) is 5.54 Å². The molecular weight excluding hydrogens is 202 g/mol. The second-order valence-electron chi connectivity index (χ2n) is 5.36. The first-order chi connectivity index (χ1) is 7.51. The molecule has 94 valence electrons. The third-order valence-corrected chi connectivity index (χ3v) is 3.48. The zero-order valence-electron chi connectivity index (χ0n) is 11.0. The van der Waals surface area contributed by atoms with Gasteiger partial charge in [-0.2, -0.15) is 0 Å². The van der Waals surface area contributed by atoms with Crippen LogP contribution in [0, 0.1) is 5.92 Å². The molecule has 0 aromatic rings. The molecule has 1 aliphatic carbocycles. The second kappa shape index (κ2) is 5.67. The predicted molar refractivity (Wildman–Crippen MR) is 65.3 cm³/mol. The summed E-state index contributed by atoms with van der Waals surface area (Å²) >= 11 is 0. The molecule has 0 bridgehead atoms. The van der Waals surface area contributed by atoms with E-state index in [4.69, 9.17) is 4.74 Å². The van der Waals surface area contributed by atoms with Crippen LogP contribution in [0.1, 0.15) is 52.9 Å². The van der Waals surface area contributed by atoms with E-state index in [1.54, 1.807) is 0 Å². The van der Waals surface area contributed by atoms with E-state index in [0.717, 1.165) is 25.2 Å². The second-order valence-corrected chi connectivity index (χ2v) is 5.36. The van der Waals surface area contributed by atoms with E-state index in [0.29, 0.717) is 0 Å². The minimum absolute atomic E-state index is 0.0621. The Morgan fingerprint density at radius 1 is 1.50 bits per heavy atom. The highest BCUT2D eigenvalue weighted by Gasteiger charge is 2.39. The average Bonchev–Trinajstić information content (AvgIpc) is 3.06. The molecule has 16 heavy (non-hydrogen) atoms. The van der Waals surface area contributed by atoms with Gasteiger partial charge in [-0.1, -0.05) is 19.8 Å². The molecule has 0 aliphatic heterocycles. The van der Waals surface area contributed by atoms with Gasteiger partial charge < -0.3 is 4.74 Å². The SMILES string of the molecule is CCCCC(NC(C)(C)C1CC1)C(=O)OC. The Bertz CT molecular complexity index is 234. The summed E-state index contributed by atoms with van der Waals surface area (Å²) in [5, 5.41) is 3.47. The lowest BCUT2D eigenvalue weighted by atomic mass is 9.96. The maximum atomic E-state index is 11.7. The van der Waals surface area contributed by atoms with Crippen LogP contribution in [-0.4, -0.2) is 24.7 Å². The molecule has 1 aliphatic rings. The Labute approximate surface area is 98.9 Å². The monoisotopic (exact) mass is 227 g/mol. The number of hydrogen-bond donors (Lipinski definition) is 1. The number of rotatable bonds is 7. The van der Waals surface area contributed by atoms with Gasteiger partial charge >= 0.3 is 5.97 Å². The van der Waals surface area contributed by atoms with Crippen LogP contribution in [0.25, 0.3) is 0 Å². The summed E-state index contributed by atoms with van der Waals surface area (Å²) in [6.45, 7) is 6.51. The van der Waals surface area contributed by atoms with Crippen molar-refractivity contribution in [3.8, 4) is 0 Å². The van der Waals surface area contributed by atoms with Crippen molar-refractivity contribution in [1.82, 2.24) is 5.32 Å². The van der Waals surface area contributed by atoms with E-state index in [1.165, 1.54) is 20.0 Å². The van der Waals surface area contributed by atoms with E-state index in [1.807, 2.05) is 0 Å². The highest BCUT2D eigenvalue weighted by molar-refractivity contribution is 5.75. The maximum Gasteiger partial charge on any atom is 0.322 e. The highest BCUT2D eigenvalue weighted by Crippen LogP contribution is 2.39. The van der Waals surface area contributed by atoms with Crippen LogP contribution < -0.4 is 5.32 Å². The molecule has 0 saturated heterocycles. The first-order valence-electron chi connectivity index (χ1n) is 6.36. The summed E-state index contributed by atoms with van der Waals surface area (Å²) in [7, 11) is 1.47. The molecular formula is C13H25NO2. The van der Waals surface area contributed by atoms with Gasteiger partial charge in [0.05, 0.1) is 7.11 Å². The molecule has 0 amide bonds. The number of unbranched alkanes of at least 4 members (excludes halogenated alkanes) is 1. The smallest absolute Gasteiger partial charge is 0.322 e. The first kappa shape index (κ1) is 13.5. The summed E-state index contributed by atoms with van der Waals surface area (Å²) in [6, 6.07) is -0.138. The normalized spacial score (nSPS) is 18.2. The van der Waals surface area contributed by atoms with E-state index in [-0.39, 0.29) is 17.6 Å². The predicted octanol–water partition coefficient (Wildman–Crippen LogP) is 2.50. The summed E-state index contributed by atoms with van der Waals surface area (Å²) in [5.74, 6) is 0.600. The molecule has 1 fully saturated rings. The van der Waals surface area contributed by atoms with Gasteiger partial charge in [-0.25, -0.2) is 0 Å². The number of esters is 1. The average molecular weight is 227 g/mol. The van der Waals surface area contributed by atoms with Crippen molar-refractivity contribution < 1.29 is 9.53 Å². The van der Waals surface area contributed by atoms with Crippen molar-refractivity contribution in [2.75, 3.05) is 7.11 Å². The zero-order valence-corrected chi connectivity index (χ0v) is 11.0. The van der Waals surface area contributed by atoms with Crippen LogP contribution in [-0.2, 0) is 9.53 Å². The minimum atomic E-state index is -0.138. The molecule has 1 atom stereocenters. The van der Waals surface area contributed by atoms with Crippen LogP contribution in [0.5, 0.6) is 0 Å². The summed E-state index contributed by atoms with van der Waals surface area (Å²) in [6.07, 6.45) is 5.61. The van der Waals surface area contributed by atoms with Gasteiger partial charge in [0.1, 0.15) is 6.04 Å². The van der Waals surface area contributed by atoms with Crippen LogP contribution >= 0.6 is 0 Å². The van der Waals surface area contributed by atoms with E-state index >= 15 is 0 Å². The van der Waals surface area contributed by atoms with Gasteiger partial charge in [-0.3, -0.25) is 10.1 Å². The highest BCUT2D eigenvalue weighted by atomic mass is 16.5. The van der Waals surface area contributed by atoms with Crippen molar-refractivity contribution in [3.63, 3.8) is 0 Å². The number of nitrogens with one attached hydrogen (secondary N) is 1. The fourth-order valence-corrected chi connectivity index (χ4v) is 2.17. The molecule has 3 heteroatoms. The van der Waals surface area contributed by atoms with Crippen LogP contribution in [0.3, 0.4) is 0 Å². The number of carbonyl (C=O) groups excluding carboxylic acids is 1. The summed E-state index contributed by atoms with van der Waals surface area (Å²) < 4.78 is 4.85. The van der Waals surface area contributed by atoms with Crippen molar-refractivity contribution in [2.24, 2.45) is 5.92 Å². The molecule has 0 aromatic carbocycles. The first-order valence-corrected chi connectivity index (χ1v) is 6.36. The number of ether oxygens (including phenoxy) is 1. The molecule has 1 saturated carbocycles. The fraction of sp³-hybridized carbons (Fsp3) is 0.923. The molecule has 3 nitrogen and oxygen atoms in total. The fourth-order valence-electron chi connectivity index (χ4n) is 2.17. The standard InChI is InChI=1S/C13H25NO2/c1-5-6-7-11(12(15)16-4)14-13(2,3)10-8-9-10/h10-11,14H,5-9H2,1-4H3. The lowest BCUT2D eigenvalue weighted by Crippen LogP contribution is -2.51. The third kappa shape index (κ3) is 3.78. The van der Waals surface area contributed by atoms with E-state index in [2.05, 4.69) is 26.1 Å². The largest absolute Gasteiger partial charge is 0.468 e. The van der Waals surface area contributed by atoms with Crippen LogP contribution in [0.2, 0.25) is 0 Å². The molecule has 1 N–H and O–H groups in total. The molecule has 1 unspecified atom stereocenters. The maximum absolute atomic E-state index is 11.7. The molecule has 1 rings (SSSR count). The van der Waals surface area contributed by atoms with Crippen molar-refractivity contribution in [2.45, 2.75) is 64.5 Å². The van der Waals surface area contributed by atoms with Crippen molar-refractivity contribution >= 4 is 5.97 Å². The Kier molecular flexibility index (Phi) is 4.78. The molecule has 0 aromatic heterocycles. The van der Waals surface area contributed by atoms with Crippen LogP contribution in [0.15, 0.2) is 0 Å². The Hall–Kier alpha value is -0.570. The number of methoxy groups -OCH3 is 1. The Morgan fingerprint density at radius 3 is 2.56 bits per heavy atom. The van der Waals surface area contributed by atoms with Gasteiger partial charge in [0.25, 0.3) is 0 Å². The molecule has 0 heterocycles. The lowest BCUT2D eigenvalue weighted by molar-refractivity contribution is -0.144. The molecule has 0 spiro atoms.